The lowest BCUT2D eigenvalue weighted by molar-refractivity contribution is -0.139. The summed E-state index contributed by atoms with van der Waals surface area (Å²) in [5.74, 6) is -1.68. The number of hydrogen-bond acceptors (Lipinski definition) is 6. The van der Waals surface area contributed by atoms with Gasteiger partial charge in [0.1, 0.15) is 5.75 Å². The minimum absolute atomic E-state index is 0.0578. The largest absolute Gasteiger partial charge is 0.484 e. The Hall–Kier alpha value is -3.14. The van der Waals surface area contributed by atoms with E-state index in [-0.39, 0.29) is 24.3 Å². The van der Waals surface area contributed by atoms with E-state index in [4.69, 9.17) is 32.7 Å². The maximum atomic E-state index is 12.1. The number of anilines is 1. The molecule has 1 atom stereocenters. The topological polar surface area (TPSA) is 118 Å². The van der Waals surface area contributed by atoms with Crippen LogP contribution in [0, 0.1) is 0 Å². The molecule has 0 radical (unpaired) electrons. The molecule has 1 saturated heterocycles. The number of rotatable bonds is 8. The Balaban J connectivity index is 1.44. The summed E-state index contributed by atoms with van der Waals surface area (Å²) in [5, 5.41) is 9.48. The maximum Gasteiger partial charge on any atom is 0.329 e. The van der Waals surface area contributed by atoms with Crippen molar-refractivity contribution in [3.05, 3.63) is 58.1 Å². The van der Waals surface area contributed by atoms with Gasteiger partial charge in [0, 0.05) is 13.2 Å². The summed E-state index contributed by atoms with van der Waals surface area (Å²) in [4.78, 5) is 35.7. The van der Waals surface area contributed by atoms with E-state index < -0.39 is 17.7 Å². The van der Waals surface area contributed by atoms with Crippen LogP contribution >= 0.6 is 23.2 Å². The zero-order valence-corrected chi connectivity index (χ0v) is 19.0. The highest BCUT2D eigenvalue weighted by Gasteiger charge is 2.19. The lowest BCUT2D eigenvalue weighted by Gasteiger charge is -2.10. The quantitative estimate of drug-likeness (QED) is 0.297. The van der Waals surface area contributed by atoms with Gasteiger partial charge in [-0.15, -0.1) is 0 Å². The third-order valence-corrected chi connectivity index (χ3v) is 5.37. The fourth-order valence-corrected chi connectivity index (χ4v) is 3.28. The second-order valence-electron chi connectivity index (χ2n) is 7.05. The third kappa shape index (κ3) is 7.74. The molecule has 1 heterocycles. The molecule has 0 aliphatic carbocycles. The second kappa shape index (κ2) is 12.2. The monoisotopic (exact) mass is 492 g/mol. The van der Waals surface area contributed by atoms with Crippen molar-refractivity contribution in [1.29, 1.82) is 0 Å². The molecular formula is C22H22Cl2N4O5. The SMILES string of the molecule is O=C(COc1cccc(/C=N\NC(=O)C(=O)NC[C@H]2CCCO2)c1)Nc1cccc(Cl)c1Cl. The first-order valence-corrected chi connectivity index (χ1v) is 10.9. The van der Waals surface area contributed by atoms with Gasteiger partial charge in [-0.2, -0.15) is 5.10 Å². The van der Waals surface area contributed by atoms with Crippen LogP contribution in [-0.4, -0.2) is 49.8 Å². The Bertz CT molecular complexity index is 1040. The lowest BCUT2D eigenvalue weighted by atomic mass is 10.2. The molecule has 3 rings (SSSR count). The molecule has 1 aliphatic rings. The Morgan fingerprint density at radius 3 is 2.76 bits per heavy atom. The maximum absolute atomic E-state index is 12.1. The number of halogens is 2. The average molecular weight is 493 g/mol. The smallest absolute Gasteiger partial charge is 0.329 e. The van der Waals surface area contributed by atoms with Gasteiger partial charge in [0.25, 0.3) is 5.91 Å². The normalized spacial score (nSPS) is 15.3. The summed E-state index contributed by atoms with van der Waals surface area (Å²) in [6.07, 6.45) is 3.09. The van der Waals surface area contributed by atoms with Gasteiger partial charge in [-0.25, -0.2) is 5.43 Å². The molecule has 0 spiro atoms. The molecule has 0 unspecified atom stereocenters. The molecule has 9 nitrogen and oxygen atoms in total. The van der Waals surface area contributed by atoms with Gasteiger partial charge in [-0.05, 0) is 42.7 Å². The fourth-order valence-electron chi connectivity index (χ4n) is 2.93. The van der Waals surface area contributed by atoms with E-state index in [9.17, 15) is 14.4 Å². The molecular weight excluding hydrogens is 471 g/mol. The Labute approximate surface area is 200 Å². The van der Waals surface area contributed by atoms with Crippen LogP contribution in [0.25, 0.3) is 0 Å². The van der Waals surface area contributed by atoms with Crippen LogP contribution < -0.4 is 20.8 Å². The summed E-state index contributed by atoms with van der Waals surface area (Å²) in [6.45, 7) is 0.693. The Morgan fingerprint density at radius 1 is 1.15 bits per heavy atom. The number of amides is 3. The predicted molar refractivity (Wildman–Crippen MR) is 125 cm³/mol. The van der Waals surface area contributed by atoms with Gasteiger partial charge in [0.15, 0.2) is 6.61 Å². The van der Waals surface area contributed by atoms with Crippen LogP contribution in [-0.2, 0) is 19.1 Å². The lowest BCUT2D eigenvalue weighted by Crippen LogP contribution is -2.41. The number of hydrogen-bond donors (Lipinski definition) is 3. The number of carbonyl (C=O) groups excluding carboxylic acids is 3. The van der Waals surface area contributed by atoms with Gasteiger partial charge < -0.3 is 20.1 Å². The van der Waals surface area contributed by atoms with Crippen LogP contribution in [0.5, 0.6) is 5.75 Å². The van der Waals surface area contributed by atoms with Crippen molar-refractivity contribution < 1.29 is 23.9 Å². The molecule has 33 heavy (non-hydrogen) atoms. The Morgan fingerprint density at radius 2 is 1.97 bits per heavy atom. The van der Waals surface area contributed by atoms with E-state index in [1.165, 1.54) is 6.21 Å². The van der Waals surface area contributed by atoms with Crippen molar-refractivity contribution in [2.45, 2.75) is 18.9 Å². The molecule has 2 aromatic rings. The standard InChI is InChI=1S/C22H22Cl2N4O5/c23-17-7-2-8-18(20(17)24)27-19(29)13-33-15-5-1-4-14(10-15)11-26-28-22(31)21(30)25-12-16-6-3-9-32-16/h1-2,4-5,7-8,10-11,16H,3,6,9,12-13H2,(H,25,30)(H,27,29)(H,28,31)/b26-11-/t16-/m1/s1. The van der Waals surface area contributed by atoms with Crippen LogP contribution in [0.2, 0.25) is 10.0 Å². The van der Waals surface area contributed by atoms with Crippen LogP contribution in [0.4, 0.5) is 5.69 Å². The van der Waals surface area contributed by atoms with Gasteiger partial charge in [-0.3, -0.25) is 14.4 Å². The first-order chi connectivity index (χ1) is 15.9. The van der Waals surface area contributed by atoms with Crippen molar-refractivity contribution in [2.75, 3.05) is 25.1 Å². The third-order valence-electron chi connectivity index (χ3n) is 4.55. The van der Waals surface area contributed by atoms with E-state index in [2.05, 4.69) is 21.2 Å². The molecule has 1 fully saturated rings. The molecule has 0 saturated carbocycles. The number of carbonyl (C=O) groups is 3. The molecule has 11 heteroatoms. The van der Waals surface area contributed by atoms with Crippen LogP contribution in [0.1, 0.15) is 18.4 Å². The summed E-state index contributed by atoms with van der Waals surface area (Å²) in [5.41, 5.74) is 3.13. The molecule has 174 valence electrons. The number of hydrazone groups is 1. The van der Waals surface area contributed by atoms with Gasteiger partial charge in [0.05, 0.1) is 28.1 Å². The van der Waals surface area contributed by atoms with E-state index in [0.717, 1.165) is 12.8 Å². The summed E-state index contributed by atoms with van der Waals surface area (Å²) in [6, 6.07) is 11.6. The summed E-state index contributed by atoms with van der Waals surface area (Å²) < 4.78 is 10.9. The number of benzene rings is 2. The highest BCUT2D eigenvalue weighted by molar-refractivity contribution is 6.44. The van der Waals surface area contributed by atoms with Gasteiger partial charge >= 0.3 is 11.8 Å². The molecule has 3 amide bonds. The zero-order valence-electron chi connectivity index (χ0n) is 17.5. The van der Waals surface area contributed by atoms with E-state index in [1.807, 2.05) is 0 Å². The minimum Gasteiger partial charge on any atom is -0.484 e. The Kier molecular flexibility index (Phi) is 9.05. The first kappa shape index (κ1) is 24.5. The van der Waals surface area contributed by atoms with Gasteiger partial charge in [0.2, 0.25) is 0 Å². The molecule has 1 aliphatic heterocycles. The molecule has 0 bridgehead atoms. The van der Waals surface area contributed by atoms with E-state index in [1.54, 1.807) is 42.5 Å². The summed E-state index contributed by atoms with van der Waals surface area (Å²) >= 11 is 12.0. The zero-order chi connectivity index (χ0) is 23.6. The first-order valence-electron chi connectivity index (χ1n) is 10.1. The molecule has 3 N–H and O–H groups in total. The van der Waals surface area contributed by atoms with E-state index in [0.29, 0.717) is 28.6 Å². The molecule has 0 aromatic heterocycles. The van der Waals surface area contributed by atoms with Crippen LogP contribution in [0.15, 0.2) is 47.6 Å². The number of ether oxygens (including phenoxy) is 2. The minimum atomic E-state index is -0.881. The van der Waals surface area contributed by atoms with E-state index >= 15 is 0 Å². The second-order valence-corrected chi connectivity index (χ2v) is 7.84. The van der Waals surface area contributed by atoms with Crippen molar-refractivity contribution in [2.24, 2.45) is 5.10 Å². The van der Waals surface area contributed by atoms with Crippen molar-refractivity contribution in [3.8, 4) is 5.75 Å². The number of nitrogens with one attached hydrogen (secondary N) is 3. The highest BCUT2D eigenvalue weighted by atomic mass is 35.5. The number of nitrogens with zero attached hydrogens (tertiary/aromatic N) is 1. The van der Waals surface area contributed by atoms with Gasteiger partial charge in [-0.1, -0.05) is 41.4 Å². The predicted octanol–water partition coefficient (Wildman–Crippen LogP) is 2.76. The molecule has 2 aromatic carbocycles. The van der Waals surface area contributed by atoms with Crippen molar-refractivity contribution in [1.82, 2.24) is 10.7 Å². The highest BCUT2D eigenvalue weighted by Crippen LogP contribution is 2.29. The van der Waals surface area contributed by atoms with Crippen molar-refractivity contribution in [3.63, 3.8) is 0 Å². The fraction of sp³-hybridized carbons (Fsp3) is 0.273. The van der Waals surface area contributed by atoms with Crippen molar-refractivity contribution >= 4 is 52.8 Å². The summed E-state index contributed by atoms with van der Waals surface area (Å²) in [7, 11) is 0. The van der Waals surface area contributed by atoms with Crippen LogP contribution in [0.3, 0.4) is 0 Å². The average Bonchev–Trinajstić information content (AvgIpc) is 3.33.